The van der Waals surface area contributed by atoms with Crippen LogP contribution in [0.4, 0.5) is 5.82 Å². The van der Waals surface area contributed by atoms with E-state index in [0.29, 0.717) is 0 Å². The standard InChI is InChI=1S/C9H14N4O4/c1-17-9-8(11)12-3-4(13-9)7(16)5(14)2-6(10)15/h3,5,7,14,16H,2H2,1H3,(H2,10,15)(H2,11,12). The Balaban J connectivity index is 2.88. The molecule has 0 spiro atoms. The van der Waals surface area contributed by atoms with E-state index in [0.717, 1.165) is 0 Å². The Morgan fingerprint density at radius 1 is 1.59 bits per heavy atom. The molecule has 2 atom stereocenters. The second-order valence-electron chi connectivity index (χ2n) is 3.37. The summed E-state index contributed by atoms with van der Waals surface area (Å²) in [5.41, 5.74) is 10.4. The molecule has 0 aliphatic heterocycles. The molecule has 0 aliphatic carbocycles. The first kappa shape index (κ1) is 13.1. The number of amides is 1. The summed E-state index contributed by atoms with van der Waals surface area (Å²) in [6.45, 7) is 0. The lowest BCUT2D eigenvalue weighted by Crippen LogP contribution is -2.26. The van der Waals surface area contributed by atoms with E-state index in [4.69, 9.17) is 16.2 Å². The quantitative estimate of drug-likeness (QED) is 0.483. The van der Waals surface area contributed by atoms with Crippen LogP contribution in [0.5, 0.6) is 5.88 Å². The minimum absolute atomic E-state index is 0.0350. The van der Waals surface area contributed by atoms with Gasteiger partial charge in [0.15, 0.2) is 5.82 Å². The third kappa shape index (κ3) is 3.26. The zero-order valence-corrected chi connectivity index (χ0v) is 9.20. The van der Waals surface area contributed by atoms with Crippen molar-refractivity contribution in [3.05, 3.63) is 11.9 Å². The van der Waals surface area contributed by atoms with Crippen LogP contribution in [0, 0.1) is 0 Å². The maximum atomic E-state index is 10.6. The molecule has 94 valence electrons. The summed E-state index contributed by atoms with van der Waals surface area (Å²) in [4.78, 5) is 18.2. The molecule has 8 heteroatoms. The highest BCUT2D eigenvalue weighted by Crippen LogP contribution is 2.21. The number of aromatic nitrogens is 2. The predicted octanol–water partition coefficient (Wildman–Crippen LogP) is -1.66. The van der Waals surface area contributed by atoms with Crippen molar-refractivity contribution in [3.8, 4) is 5.88 Å². The number of methoxy groups -OCH3 is 1. The highest BCUT2D eigenvalue weighted by Gasteiger charge is 2.23. The second-order valence-corrected chi connectivity index (χ2v) is 3.37. The van der Waals surface area contributed by atoms with Gasteiger partial charge in [0.1, 0.15) is 6.10 Å². The molecule has 0 saturated carbocycles. The number of hydrogen-bond donors (Lipinski definition) is 4. The number of carbonyl (C=O) groups is 1. The molecule has 2 unspecified atom stereocenters. The zero-order chi connectivity index (χ0) is 13.0. The third-order valence-electron chi connectivity index (χ3n) is 2.06. The minimum Gasteiger partial charge on any atom is -0.478 e. The summed E-state index contributed by atoms with van der Waals surface area (Å²) in [5.74, 6) is -0.632. The largest absolute Gasteiger partial charge is 0.478 e. The number of rotatable bonds is 5. The summed E-state index contributed by atoms with van der Waals surface area (Å²) in [5, 5.41) is 19.2. The number of nitrogen functional groups attached to an aromatic ring is 1. The van der Waals surface area contributed by atoms with Crippen LogP contribution < -0.4 is 16.2 Å². The van der Waals surface area contributed by atoms with E-state index in [1.165, 1.54) is 13.3 Å². The van der Waals surface area contributed by atoms with Crippen LogP contribution in [0.25, 0.3) is 0 Å². The summed E-state index contributed by atoms with van der Waals surface area (Å²) in [6.07, 6.45) is -1.93. The molecule has 1 amide bonds. The van der Waals surface area contributed by atoms with Crippen LogP contribution in [0.2, 0.25) is 0 Å². The van der Waals surface area contributed by atoms with Gasteiger partial charge in [0, 0.05) is 0 Å². The van der Waals surface area contributed by atoms with Crippen molar-refractivity contribution in [2.75, 3.05) is 12.8 Å². The van der Waals surface area contributed by atoms with Gasteiger partial charge in [-0.05, 0) is 0 Å². The fourth-order valence-corrected chi connectivity index (χ4v) is 1.20. The fourth-order valence-electron chi connectivity index (χ4n) is 1.20. The maximum absolute atomic E-state index is 10.6. The van der Waals surface area contributed by atoms with Gasteiger partial charge in [-0.1, -0.05) is 0 Å². The maximum Gasteiger partial charge on any atom is 0.257 e. The van der Waals surface area contributed by atoms with Gasteiger partial charge in [-0.15, -0.1) is 0 Å². The molecule has 17 heavy (non-hydrogen) atoms. The normalized spacial score (nSPS) is 14.1. The van der Waals surface area contributed by atoms with Crippen LogP contribution in [0.3, 0.4) is 0 Å². The smallest absolute Gasteiger partial charge is 0.257 e. The Hall–Kier alpha value is -1.93. The van der Waals surface area contributed by atoms with Crippen LogP contribution in [-0.4, -0.2) is 39.3 Å². The van der Waals surface area contributed by atoms with E-state index >= 15 is 0 Å². The molecule has 0 aromatic carbocycles. The van der Waals surface area contributed by atoms with Crippen molar-refractivity contribution < 1.29 is 19.7 Å². The van der Waals surface area contributed by atoms with E-state index in [1.807, 2.05) is 0 Å². The molecule has 1 rings (SSSR count). The lowest BCUT2D eigenvalue weighted by molar-refractivity contribution is -0.121. The Bertz CT molecular complexity index is 412. The van der Waals surface area contributed by atoms with Gasteiger partial charge in [0.25, 0.3) is 5.88 Å². The number of aliphatic hydroxyl groups excluding tert-OH is 2. The average molecular weight is 242 g/mol. The van der Waals surface area contributed by atoms with Gasteiger partial charge < -0.3 is 26.4 Å². The Labute approximate surface area is 97.2 Å². The molecule has 0 bridgehead atoms. The van der Waals surface area contributed by atoms with Gasteiger partial charge in [-0.2, -0.15) is 0 Å². The summed E-state index contributed by atoms with van der Waals surface area (Å²) >= 11 is 0. The first-order valence-corrected chi connectivity index (χ1v) is 4.76. The number of primary amides is 1. The Kier molecular flexibility index (Phi) is 4.18. The lowest BCUT2D eigenvalue weighted by atomic mass is 10.1. The van der Waals surface area contributed by atoms with Crippen LogP contribution in [0.1, 0.15) is 18.2 Å². The molecule has 8 nitrogen and oxygen atoms in total. The molecule has 1 aromatic heterocycles. The zero-order valence-electron chi connectivity index (χ0n) is 9.20. The highest BCUT2D eigenvalue weighted by molar-refractivity contribution is 5.74. The van der Waals surface area contributed by atoms with Crippen molar-refractivity contribution >= 4 is 11.7 Å². The van der Waals surface area contributed by atoms with Crippen molar-refractivity contribution in [1.29, 1.82) is 0 Å². The fraction of sp³-hybridized carbons (Fsp3) is 0.444. The summed E-state index contributed by atoms with van der Waals surface area (Å²) in [6, 6.07) is 0. The van der Waals surface area contributed by atoms with E-state index in [2.05, 4.69) is 9.97 Å². The van der Waals surface area contributed by atoms with Crippen molar-refractivity contribution in [2.24, 2.45) is 5.73 Å². The van der Waals surface area contributed by atoms with Crippen molar-refractivity contribution in [3.63, 3.8) is 0 Å². The third-order valence-corrected chi connectivity index (χ3v) is 2.06. The first-order chi connectivity index (χ1) is 7.95. The minimum atomic E-state index is -1.38. The average Bonchev–Trinajstić information content (AvgIpc) is 2.27. The second kappa shape index (κ2) is 5.41. The van der Waals surface area contributed by atoms with Gasteiger partial charge in [0.05, 0.1) is 31.5 Å². The molecule has 0 saturated heterocycles. The highest BCUT2D eigenvalue weighted by atomic mass is 16.5. The Morgan fingerprint density at radius 2 is 2.24 bits per heavy atom. The molecule has 1 aromatic rings. The van der Waals surface area contributed by atoms with Crippen LogP contribution >= 0.6 is 0 Å². The molecular weight excluding hydrogens is 228 g/mol. The SMILES string of the molecule is COc1nc(C(O)C(O)CC(N)=O)cnc1N. The van der Waals surface area contributed by atoms with Gasteiger partial charge in [-0.25, -0.2) is 9.97 Å². The molecule has 0 fully saturated rings. The Morgan fingerprint density at radius 3 is 2.76 bits per heavy atom. The van der Waals surface area contributed by atoms with E-state index < -0.39 is 18.1 Å². The topological polar surface area (TPSA) is 145 Å². The van der Waals surface area contributed by atoms with Gasteiger partial charge in [-0.3, -0.25) is 4.79 Å². The number of aliphatic hydroxyl groups is 2. The number of carbonyl (C=O) groups excluding carboxylic acids is 1. The molecule has 1 heterocycles. The number of hydrogen-bond acceptors (Lipinski definition) is 7. The van der Waals surface area contributed by atoms with E-state index in [1.54, 1.807) is 0 Å². The summed E-state index contributed by atoms with van der Waals surface area (Å²) < 4.78 is 4.81. The number of nitrogens with zero attached hydrogens (tertiary/aromatic N) is 2. The number of ether oxygens (including phenoxy) is 1. The van der Waals surface area contributed by atoms with Crippen LogP contribution in [-0.2, 0) is 4.79 Å². The van der Waals surface area contributed by atoms with Crippen molar-refractivity contribution in [1.82, 2.24) is 9.97 Å². The molecule has 6 N–H and O–H groups in total. The molecule has 0 radical (unpaired) electrons. The van der Waals surface area contributed by atoms with E-state index in [-0.39, 0.29) is 23.8 Å². The van der Waals surface area contributed by atoms with Crippen LogP contribution in [0.15, 0.2) is 6.20 Å². The number of nitrogens with two attached hydrogens (primary N) is 2. The summed E-state index contributed by atoms with van der Waals surface area (Å²) in [7, 11) is 1.34. The molecular formula is C9H14N4O4. The monoisotopic (exact) mass is 242 g/mol. The van der Waals surface area contributed by atoms with E-state index in [9.17, 15) is 15.0 Å². The first-order valence-electron chi connectivity index (χ1n) is 4.76. The lowest BCUT2D eigenvalue weighted by Gasteiger charge is -2.16. The van der Waals surface area contributed by atoms with Crippen molar-refractivity contribution in [2.45, 2.75) is 18.6 Å². The number of anilines is 1. The van der Waals surface area contributed by atoms with Gasteiger partial charge in [0.2, 0.25) is 5.91 Å². The predicted molar refractivity (Wildman–Crippen MR) is 57.8 cm³/mol. The molecule has 0 aliphatic rings. The van der Waals surface area contributed by atoms with Gasteiger partial charge >= 0.3 is 0 Å².